The van der Waals surface area contributed by atoms with Gasteiger partial charge in [-0.05, 0) is 51.5 Å². The van der Waals surface area contributed by atoms with Crippen molar-refractivity contribution in [3.63, 3.8) is 0 Å². The van der Waals surface area contributed by atoms with Gasteiger partial charge in [0.25, 0.3) is 0 Å². The number of nitrogens with zero attached hydrogens (tertiary/aromatic N) is 3. The van der Waals surface area contributed by atoms with Crippen LogP contribution in [0.15, 0.2) is 5.11 Å². The molecule has 0 radical (unpaired) electrons. The van der Waals surface area contributed by atoms with E-state index in [-0.39, 0.29) is 24.1 Å². The van der Waals surface area contributed by atoms with E-state index in [2.05, 4.69) is 15.3 Å². The molecular weight excluding hydrogens is 232 g/mol. The van der Waals surface area contributed by atoms with Crippen molar-refractivity contribution in [2.45, 2.75) is 64.6 Å². The Morgan fingerprint density at radius 3 is 2.61 bits per heavy atom. The maximum absolute atomic E-state index is 11.6. The molecule has 1 rings (SSSR count). The Kier molecular flexibility index (Phi) is 4.84. The maximum atomic E-state index is 11.6. The van der Waals surface area contributed by atoms with Crippen molar-refractivity contribution in [3.05, 3.63) is 10.4 Å². The van der Waals surface area contributed by atoms with Gasteiger partial charge in [0, 0.05) is 17.0 Å². The van der Waals surface area contributed by atoms with E-state index in [0.29, 0.717) is 0 Å². The Morgan fingerprint density at radius 2 is 2.11 bits per heavy atom. The Bertz CT molecular complexity index is 344. The van der Waals surface area contributed by atoms with E-state index in [0.717, 1.165) is 19.3 Å². The fraction of sp³-hybridized carbons (Fsp3) is 0.917. The van der Waals surface area contributed by atoms with Gasteiger partial charge in [0.05, 0.1) is 0 Å². The van der Waals surface area contributed by atoms with Crippen LogP contribution in [0.5, 0.6) is 0 Å². The van der Waals surface area contributed by atoms with E-state index in [1.54, 1.807) is 0 Å². The predicted octanol–water partition coefficient (Wildman–Crippen LogP) is 3.38. The number of nitrogens with one attached hydrogen (secondary N) is 1. The van der Waals surface area contributed by atoms with Gasteiger partial charge in [0.2, 0.25) is 0 Å². The van der Waals surface area contributed by atoms with E-state index >= 15 is 0 Å². The van der Waals surface area contributed by atoms with Crippen LogP contribution in [-0.4, -0.2) is 23.8 Å². The molecular formula is C12H22N4O2. The summed E-state index contributed by atoms with van der Waals surface area (Å²) in [5, 5.41) is 6.65. The topological polar surface area (TPSA) is 87.1 Å². The highest BCUT2D eigenvalue weighted by Crippen LogP contribution is 2.27. The standard InChI is InChI=1S/C12H22N4O2/c1-8-7-9(5-6-10(8)15-16-13)14-11(17)18-12(2,3)4/h8-10H,5-7H2,1-4H3,(H,14,17)/t8-,9-,10-/m1/s1. The summed E-state index contributed by atoms with van der Waals surface area (Å²) < 4.78 is 5.22. The van der Waals surface area contributed by atoms with Crippen LogP contribution in [0.4, 0.5) is 4.79 Å². The van der Waals surface area contributed by atoms with Crippen LogP contribution in [-0.2, 0) is 4.74 Å². The van der Waals surface area contributed by atoms with Gasteiger partial charge in [-0.1, -0.05) is 12.0 Å². The fourth-order valence-corrected chi connectivity index (χ4v) is 2.22. The summed E-state index contributed by atoms with van der Waals surface area (Å²) in [5.74, 6) is 0.287. The molecule has 6 nitrogen and oxygen atoms in total. The lowest BCUT2D eigenvalue weighted by molar-refractivity contribution is 0.0483. The Hall–Kier alpha value is -1.42. The molecule has 1 aliphatic carbocycles. The molecule has 1 saturated carbocycles. The summed E-state index contributed by atoms with van der Waals surface area (Å²) >= 11 is 0. The summed E-state index contributed by atoms with van der Waals surface area (Å²) in [6.07, 6.45) is 2.09. The first kappa shape index (κ1) is 14.6. The molecule has 1 aliphatic rings. The number of hydrogen-bond donors (Lipinski definition) is 1. The molecule has 1 N–H and O–H groups in total. The van der Waals surface area contributed by atoms with Crippen LogP contribution in [0, 0.1) is 5.92 Å². The minimum absolute atomic E-state index is 0.0479. The highest BCUT2D eigenvalue weighted by molar-refractivity contribution is 5.68. The van der Waals surface area contributed by atoms with E-state index in [9.17, 15) is 4.79 Å². The Labute approximate surface area is 108 Å². The average molecular weight is 254 g/mol. The monoisotopic (exact) mass is 254 g/mol. The highest BCUT2D eigenvalue weighted by Gasteiger charge is 2.28. The average Bonchev–Trinajstić information content (AvgIpc) is 2.19. The number of amides is 1. The third-order valence-corrected chi connectivity index (χ3v) is 3.04. The highest BCUT2D eigenvalue weighted by atomic mass is 16.6. The molecule has 0 heterocycles. The number of hydrogen-bond acceptors (Lipinski definition) is 3. The number of azide groups is 1. The lowest BCUT2D eigenvalue weighted by Gasteiger charge is -2.32. The van der Waals surface area contributed by atoms with Gasteiger partial charge >= 0.3 is 6.09 Å². The second-order valence-electron chi connectivity index (χ2n) is 5.91. The molecule has 1 amide bonds. The third kappa shape index (κ3) is 4.84. The van der Waals surface area contributed by atoms with Gasteiger partial charge in [-0.25, -0.2) is 4.79 Å². The third-order valence-electron chi connectivity index (χ3n) is 3.04. The van der Waals surface area contributed by atoms with Gasteiger partial charge in [-0.2, -0.15) is 0 Å². The second kappa shape index (κ2) is 5.96. The van der Waals surface area contributed by atoms with Crippen molar-refractivity contribution in [2.75, 3.05) is 0 Å². The van der Waals surface area contributed by atoms with Crippen LogP contribution >= 0.6 is 0 Å². The summed E-state index contributed by atoms with van der Waals surface area (Å²) in [6.45, 7) is 7.57. The first-order valence-electron chi connectivity index (χ1n) is 6.35. The Morgan fingerprint density at radius 1 is 1.44 bits per heavy atom. The molecule has 0 aromatic carbocycles. The minimum atomic E-state index is -0.474. The van der Waals surface area contributed by atoms with Crippen molar-refractivity contribution in [1.29, 1.82) is 0 Å². The number of carbonyl (C=O) groups is 1. The number of ether oxygens (including phenoxy) is 1. The molecule has 1 fully saturated rings. The predicted molar refractivity (Wildman–Crippen MR) is 69.1 cm³/mol. The zero-order chi connectivity index (χ0) is 13.8. The Balaban J connectivity index is 2.42. The molecule has 18 heavy (non-hydrogen) atoms. The molecule has 0 spiro atoms. The van der Waals surface area contributed by atoms with Gasteiger partial charge < -0.3 is 10.1 Å². The van der Waals surface area contributed by atoms with Crippen molar-refractivity contribution in [1.82, 2.24) is 5.32 Å². The molecule has 3 atom stereocenters. The van der Waals surface area contributed by atoms with Crippen molar-refractivity contribution < 1.29 is 9.53 Å². The van der Waals surface area contributed by atoms with E-state index in [4.69, 9.17) is 10.3 Å². The normalized spacial score (nSPS) is 28.1. The molecule has 0 aliphatic heterocycles. The zero-order valence-electron chi connectivity index (χ0n) is 11.5. The van der Waals surface area contributed by atoms with Gasteiger partial charge in [-0.3, -0.25) is 0 Å². The summed E-state index contributed by atoms with van der Waals surface area (Å²) in [6, 6.07) is 0.159. The van der Waals surface area contributed by atoms with Crippen LogP contribution in [0.3, 0.4) is 0 Å². The molecule has 0 unspecified atom stereocenters. The smallest absolute Gasteiger partial charge is 0.407 e. The van der Waals surface area contributed by atoms with Crippen LogP contribution in [0.2, 0.25) is 0 Å². The van der Waals surface area contributed by atoms with Gasteiger partial charge in [0.1, 0.15) is 5.60 Å². The second-order valence-corrected chi connectivity index (χ2v) is 5.91. The largest absolute Gasteiger partial charge is 0.444 e. The lowest BCUT2D eigenvalue weighted by Crippen LogP contribution is -2.43. The lowest BCUT2D eigenvalue weighted by atomic mass is 9.83. The van der Waals surface area contributed by atoms with E-state index in [1.165, 1.54) is 0 Å². The molecule has 0 saturated heterocycles. The van der Waals surface area contributed by atoms with E-state index < -0.39 is 5.60 Å². The number of alkyl carbamates (subject to hydrolysis) is 1. The van der Waals surface area contributed by atoms with Gasteiger partial charge in [-0.15, -0.1) is 0 Å². The van der Waals surface area contributed by atoms with Crippen molar-refractivity contribution in [3.8, 4) is 0 Å². The van der Waals surface area contributed by atoms with Crippen LogP contribution in [0.25, 0.3) is 10.4 Å². The SMILES string of the molecule is C[C@@H]1C[C@H](NC(=O)OC(C)(C)C)CC[C@H]1N=[N+]=[N-]. The summed E-state index contributed by atoms with van der Waals surface area (Å²) in [4.78, 5) is 14.5. The number of carbonyl (C=O) groups excluding carboxylic acids is 1. The van der Waals surface area contributed by atoms with Crippen LogP contribution < -0.4 is 5.32 Å². The first-order chi connectivity index (χ1) is 8.31. The molecule has 0 bridgehead atoms. The molecule has 102 valence electrons. The molecule has 0 aromatic heterocycles. The number of rotatable bonds is 2. The quantitative estimate of drug-likeness (QED) is 0.465. The van der Waals surface area contributed by atoms with Crippen molar-refractivity contribution >= 4 is 6.09 Å². The summed E-state index contributed by atoms with van der Waals surface area (Å²) in [5.41, 5.74) is 7.97. The van der Waals surface area contributed by atoms with Crippen molar-refractivity contribution in [2.24, 2.45) is 11.0 Å². The zero-order valence-corrected chi connectivity index (χ0v) is 11.5. The van der Waals surface area contributed by atoms with Crippen LogP contribution in [0.1, 0.15) is 47.0 Å². The summed E-state index contributed by atoms with van der Waals surface area (Å²) in [7, 11) is 0. The minimum Gasteiger partial charge on any atom is -0.444 e. The molecule has 6 heteroatoms. The maximum Gasteiger partial charge on any atom is 0.407 e. The first-order valence-corrected chi connectivity index (χ1v) is 6.35. The van der Waals surface area contributed by atoms with Gasteiger partial charge in [0.15, 0.2) is 0 Å². The molecule has 0 aromatic rings. The fourth-order valence-electron chi connectivity index (χ4n) is 2.22. The van der Waals surface area contributed by atoms with E-state index in [1.807, 2.05) is 27.7 Å².